The molecular weight excluding hydrogens is 430 g/mol. The normalized spacial score (nSPS) is 11.3. The minimum Gasteiger partial charge on any atom is -0.491 e. The summed E-state index contributed by atoms with van der Waals surface area (Å²) in [5.74, 6) is -0.0263. The van der Waals surface area contributed by atoms with Crippen LogP contribution in [0, 0.1) is 0 Å². The Kier molecular flexibility index (Phi) is 8.63. The van der Waals surface area contributed by atoms with Crippen molar-refractivity contribution in [3.05, 3.63) is 60.2 Å². The zero-order valence-electron chi connectivity index (χ0n) is 20.4. The molecule has 3 aromatic rings. The lowest BCUT2D eigenvalue weighted by Crippen LogP contribution is -2.28. The number of carbonyl (C=O) groups excluding carboxylic acids is 2. The predicted molar refractivity (Wildman–Crippen MR) is 133 cm³/mol. The fourth-order valence-corrected chi connectivity index (χ4v) is 3.73. The number of rotatable bonds is 11. The van der Waals surface area contributed by atoms with E-state index in [1.54, 1.807) is 18.2 Å². The molecule has 0 amide bonds. The summed E-state index contributed by atoms with van der Waals surface area (Å²) >= 11 is 0. The first-order chi connectivity index (χ1) is 16.3. The molecule has 1 aromatic heterocycles. The molecule has 3 rings (SSSR count). The maximum Gasteiger partial charge on any atom is 0.337 e. The topological polar surface area (TPSA) is 74.7 Å². The van der Waals surface area contributed by atoms with Gasteiger partial charge in [0.05, 0.1) is 24.8 Å². The van der Waals surface area contributed by atoms with Crippen LogP contribution >= 0.6 is 0 Å². The molecule has 34 heavy (non-hydrogen) atoms. The molecular formula is C28H33NO5. The number of ether oxygens (including phenoxy) is 3. The molecule has 0 fully saturated rings. The van der Waals surface area contributed by atoms with Crippen LogP contribution in [0.2, 0.25) is 0 Å². The van der Waals surface area contributed by atoms with E-state index in [1.165, 1.54) is 7.11 Å². The van der Waals surface area contributed by atoms with E-state index < -0.39 is 11.6 Å². The van der Waals surface area contributed by atoms with E-state index in [2.05, 4.69) is 6.92 Å². The average molecular weight is 464 g/mol. The van der Waals surface area contributed by atoms with Gasteiger partial charge < -0.3 is 14.2 Å². The summed E-state index contributed by atoms with van der Waals surface area (Å²) < 4.78 is 16.6. The molecule has 0 unspecified atom stereocenters. The second-order valence-corrected chi connectivity index (χ2v) is 8.89. The van der Waals surface area contributed by atoms with Crippen molar-refractivity contribution in [3.63, 3.8) is 0 Å². The maximum atomic E-state index is 12.3. The van der Waals surface area contributed by atoms with Crippen molar-refractivity contribution < 1.29 is 23.8 Å². The number of hydrogen-bond acceptors (Lipinski definition) is 6. The van der Waals surface area contributed by atoms with Gasteiger partial charge in [-0.1, -0.05) is 43.7 Å². The van der Waals surface area contributed by atoms with Gasteiger partial charge >= 0.3 is 11.9 Å². The Morgan fingerprint density at radius 3 is 2.47 bits per heavy atom. The third-order valence-corrected chi connectivity index (χ3v) is 5.55. The van der Waals surface area contributed by atoms with Crippen LogP contribution in [0.4, 0.5) is 0 Å². The smallest absolute Gasteiger partial charge is 0.337 e. The van der Waals surface area contributed by atoms with Crippen LogP contribution in [0.5, 0.6) is 5.75 Å². The molecule has 0 radical (unpaired) electrons. The van der Waals surface area contributed by atoms with Gasteiger partial charge in [-0.3, -0.25) is 4.79 Å². The molecule has 0 saturated carbocycles. The summed E-state index contributed by atoms with van der Waals surface area (Å²) in [6, 6.07) is 16.9. The van der Waals surface area contributed by atoms with E-state index >= 15 is 0 Å². The van der Waals surface area contributed by atoms with Gasteiger partial charge in [0.15, 0.2) is 0 Å². The molecule has 0 aliphatic carbocycles. The summed E-state index contributed by atoms with van der Waals surface area (Å²) in [5, 5.41) is 0.773. The molecule has 6 heteroatoms. The SMILES string of the molecule is CCCCC(C)(C)OC(=O)CCCOc1cc2cc(C(=O)OC)ccc2nc1-c1ccccc1. The number of benzene rings is 2. The average Bonchev–Trinajstić information content (AvgIpc) is 2.84. The Morgan fingerprint density at radius 1 is 1.00 bits per heavy atom. The number of carbonyl (C=O) groups is 2. The monoisotopic (exact) mass is 463 g/mol. The van der Waals surface area contributed by atoms with E-state index in [-0.39, 0.29) is 12.4 Å². The summed E-state index contributed by atoms with van der Waals surface area (Å²) in [7, 11) is 1.35. The fraction of sp³-hybridized carbons (Fsp3) is 0.393. The number of hydrogen-bond donors (Lipinski definition) is 0. The Hall–Kier alpha value is -3.41. The molecule has 0 spiro atoms. The zero-order chi connectivity index (χ0) is 24.6. The lowest BCUT2D eigenvalue weighted by atomic mass is 10.0. The first-order valence-electron chi connectivity index (χ1n) is 11.8. The van der Waals surface area contributed by atoms with Crippen molar-refractivity contribution in [2.45, 2.75) is 58.5 Å². The van der Waals surface area contributed by atoms with Crippen LogP contribution in [-0.2, 0) is 14.3 Å². The second kappa shape index (κ2) is 11.6. The van der Waals surface area contributed by atoms with E-state index in [0.29, 0.717) is 30.0 Å². The highest BCUT2D eigenvalue weighted by Gasteiger charge is 2.22. The Morgan fingerprint density at radius 2 is 1.76 bits per heavy atom. The number of methoxy groups -OCH3 is 1. The lowest BCUT2D eigenvalue weighted by molar-refractivity contribution is -0.157. The Bertz CT molecular complexity index is 1120. The van der Waals surface area contributed by atoms with Gasteiger partial charge in [-0.05, 0) is 57.4 Å². The van der Waals surface area contributed by atoms with Crippen molar-refractivity contribution in [1.82, 2.24) is 4.98 Å². The third-order valence-electron chi connectivity index (χ3n) is 5.55. The minimum absolute atomic E-state index is 0.215. The largest absolute Gasteiger partial charge is 0.491 e. The van der Waals surface area contributed by atoms with Crippen molar-refractivity contribution in [1.29, 1.82) is 0 Å². The van der Waals surface area contributed by atoms with E-state index in [4.69, 9.17) is 19.2 Å². The maximum absolute atomic E-state index is 12.3. The first-order valence-corrected chi connectivity index (χ1v) is 11.8. The van der Waals surface area contributed by atoms with Crippen molar-refractivity contribution in [2.24, 2.45) is 0 Å². The molecule has 0 bridgehead atoms. The van der Waals surface area contributed by atoms with Crippen molar-refractivity contribution in [2.75, 3.05) is 13.7 Å². The van der Waals surface area contributed by atoms with E-state index in [0.717, 1.165) is 35.7 Å². The summed E-state index contributed by atoms with van der Waals surface area (Å²) in [6.45, 7) is 6.37. The lowest BCUT2D eigenvalue weighted by Gasteiger charge is -2.25. The molecule has 180 valence electrons. The van der Waals surface area contributed by atoms with Crippen LogP contribution in [-0.4, -0.2) is 36.2 Å². The number of nitrogens with zero attached hydrogens (tertiary/aromatic N) is 1. The van der Waals surface area contributed by atoms with E-state index in [1.807, 2.05) is 50.2 Å². The van der Waals surface area contributed by atoms with Crippen molar-refractivity contribution >= 4 is 22.8 Å². The van der Waals surface area contributed by atoms with Gasteiger partial charge in [-0.2, -0.15) is 0 Å². The van der Waals surface area contributed by atoms with Crippen LogP contribution in [0.1, 0.15) is 63.2 Å². The number of aromatic nitrogens is 1. The molecule has 0 saturated heterocycles. The van der Waals surface area contributed by atoms with Gasteiger partial charge in [0, 0.05) is 17.4 Å². The Balaban J connectivity index is 1.74. The minimum atomic E-state index is -0.450. The molecule has 0 aliphatic rings. The molecule has 6 nitrogen and oxygen atoms in total. The summed E-state index contributed by atoms with van der Waals surface area (Å²) in [5.41, 5.74) is 2.38. The van der Waals surface area contributed by atoms with Gasteiger partial charge in [-0.15, -0.1) is 0 Å². The highest BCUT2D eigenvalue weighted by Crippen LogP contribution is 2.32. The van der Waals surface area contributed by atoms with Gasteiger partial charge in [0.2, 0.25) is 0 Å². The number of fused-ring (bicyclic) bond motifs is 1. The van der Waals surface area contributed by atoms with Crippen molar-refractivity contribution in [3.8, 4) is 17.0 Å². The van der Waals surface area contributed by atoms with Crippen LogP contribution in [0.25, 0.3) is 22.2 Å². The molecule has 0 N–H and O–H groups in total. The van der Waals surface area contributed by atoms with E-state index in [9.17, 15) is 9.59 Å². The van der Waals surface area contributed by atoms with Crippen LogP contribution < -0.4 is 4.74 Å². The number of esters is 2. The second-order valence-electron chi connectivity index (χ2n) is 8.89. The molecule has 2 aromatic carbocycles. The van der Waals surface area contributed by atoms with Gasteiger partial charge in [0.1, 0.15) is 17.0 Å². The standard InChI is InChI=1S/C28H33NO5/c1-5-6-16-28(2,3)34-25(30)13-10-17-33-24-19-22-18-21(27(31)32-4)14-15-23(22)29-26(24)20-11-8-7-9-12-20/h7-9,11-12,14-15,18-19H,5-6,10,13,16-17H2,1-4H3. The predicted octanol–water partition coefficient (Wildman–Crippen LogP) is 6.36. The Labute approximate surface area is 201 Å². The molecule has 0 atom stereocenters. The molecule has 0 aliphatic heterocycles. The zero-order valence-corrected chi connectivity index (χ0v) is 20.4. The summed E-state index contributed by atoms with van der Waals surface area (Å²) in [6.07, 6.45) is 3.75. The molecule has 1 heterocycles. The number of pyridine rings is 1. The van der Waals surface area contributed by atoms with Crippen LogP contribution in [0.15, 0.2) is 54.6 Å². The summed E-state index contributed by atoms with van der Waals surface area (Å²) in [4.78, 5) is 29.0. The van der Waals surface area contributed by atoms with Gasteiger partial charge in [0.25, 0.3) is 0 Å². The number of unbranched alkanes of at least 4 members (excludes halogenated alkanes) is 1. The highest BCUT2D eigenvalue weighted by molar-refractivity contribution is 5.95. The van der Waals surface area contributed by atoms with Crippen LogP contribution in [0.3, 0.4) is 0 Å². The van der Waals surface area contributed by atoms with Gasteiger partial charge in [-0.25, -0.2) is 9.78 Å². The quantitative estimate of drug-likeness (QED) is 0.243. The third kappa shape index (κ3) is 6.80. The first kappa shape index (κ1) is 25.2. The fourth-order valence-electron chi connectivity index (χ4n) is 3.73. The highest BCUT2D eigenvalue weighted by atomic mass is 16.6.